The van der Waals surface area contributed by atoms with Crippen LogP contribution in [0.25, 0.3) is 0 Å². The second-order valence-corrected chi connectivity index (χ2v) is 4.36. The van der Waals surface area contributed by atoms with E-state index in [1.165, 1.54) is 0 Å². The Kier molecular flexibility index (Phi) is 3.45. The highest BCUT2D eigenvalue weighted by atomic mass is 32.2. The first kappa shape index (κ1) is 9.91. The molecular formula is C6H13NO4S. The molecule has 0 aliphatic carbocycles. The van der Waals surface area contributed by atoms with Crippen molar-refractivity contribution in [1.29, 1.82) is 0 Å². The van der Waals surface area contributed by atoms with Crippen LogP contribution >= 0.6 is 0 Å². The molecule has 0 amide bonds. The van der Waals surface area contributed by atoms with Gasteiger partial charge in [0.05, 0.1) is 11.9 Å². The van der Waals surface area contributed by atoms with Crippen molar-refractivity contribution < 1.29 is 17.7 Å². The maximum Gasteiger partial charge on any atom is 0.264 e. The summed E-state index contributed by atoms with van der Waals surface area (Å²) in [5.41, 5.74) is 0. The maximum atomic E-state index is 10.2. The van der Waals surface area contributed by atoms with Crippen LogP contribution in [-0.4, -0.2) is 44.5 Å². The van der Waals surface area contributed by atoms with E-state index in [1.54, 1.807) is 0 Å². The van der Waals surface area contributed by atoms with Gasteiger partial charge in [0.15, 0.2) is 0 Å². The van der Waals surface area contributed by atoms with Crippen LogP contribution in [0.1, 0.15) is 6.42 Å². The molecular weight excluding hydrogens is 182 g/mol. The predicted octanol–water partition coefficient (Wildman–Crippen LogP) is -0.747. The summed E-state index contributed by atoms with van der Waals surface area (Å²) in [6.45, 7) is 2.07. The van der Waals surface area contributed by atoms with E-state index < -0.39 is 10.1 Å². The van der Waals surface area contributed by atoms with E-state index in [0.717, 1.165) is 13.1 Å². The van der Waals surface area contributed by atoms with Gasteiger partial charge in [0, 0.05) is 19.7 Å². The topological polar surface area (TPSA) is 75.6 Å². The van der Waals surface area contributed by atoms with Crippen molar-refractivity contribution in [2.24, 2.45) is 0 Å². The van der Waals surface area contributed by atoms with Gasteiger partial charge in [0.1, 0.15) is 0 Å². The lowest BCUT2D eigenvalue weighted by Crippen LogP contribution is -2.48. The van der Waals surface area contributed by atoms with Gasteiger partial charge in [-0.3, -0.25) is 4.55 Å². The van der Waals surface area contributed by atoms with Gasteiger partial charge in [-0.25, -0.2) is 0 Å². The molecule has 6 heteroatoms. The van der Waals surface area contributed by atoms with Gasteiger partial charge < -0.3 is 10.1 Å². The Morgan fingerprint density at radius 3 is 2.58 bits per heavy atom. The maximum absolute atomic E-state index is 10.2. The first-order valence-corrected chi connectivity index (χ1v) is 5.46. The Labute approximate surface area is 71.9 Å². The van der Waals surface area contributed by atoms with Crippen molar-refractivity contribution in [3.05, 3.63) is 0 Å². The molecule has 1 rings (SSSR count). The summed E-state index contributed by atoms with van der Waals surface area (Å²) >= 11 is 0. The van der Waals surface area contributed by atoms with Crippen molar-refractivity contribution in [2.45, 2.75) is 12.5 Å². The Hall–Kier alpha value is -0.170. The summed E-state index contributed by atoms with van der Waals surface area (Å²) in [5.74, 6) is -0.215. The zero-order chi connectivity index (χ0) is 9.03. The van der Waals surface area contributed by atoms with Gasteiger partial charge >= 0.3 is 0 Å². The third-order valence-corrected chi connectivity index (χ3v) is 2.45. The summed E-state index contributed by atoms with van der Waals surface area (Å²) in [6.07, 6.45) is 0.585. The van der Waals surface area contributed by atoms with E-state index in [-0.39, 0.29) is 11.9 Å². The number of nitrogens with one attached hydrogen (secondary N) is 1. The molecule has 5 nitrogen and oxygen atoms in total. The minimum Gasteiger partial charge on any atom is -0.376 e. The van der Waals surface area contributed by atoms with Crippen molar-refractivity contribution in [2.75, 3.05) is 25.4 Å². The Bertz CT molecular complexity index is 222. The molecule has 1 aliphatic rings. The van der Waals surface area contributed by atoms with E-state index in [2.05, 4.69) is 5.32 Å². The molecule has 72 valence electrons. The van der Waals surface area contributed by atoms with E-state index in [9.17, 15) is 8.42 Å². The molecule has 1 saturated heterocycles. The van der Waals surface area contributed by atoms with Crippen molar-refractivity contribution in [3.63, 3.8) is 0 Å². The first-order chi connectivity index (χ1) is 5.58. The molecule has 0 aromatic rings. The molecule has 0 bridgehead atoms. The Balaban J connectivity index is 1.95. The Morgan fingerprint density at radius 2 is 2.17 bits per heavy atom. The van der Waals surface area contributed by atoms with Gasteiger partial charge in [-0.1, -0.05) is 0 Å². The fourth-order valence-corrected chi connectivity index (χ4v) is 1.35. The number of ether oxygens (including phenoxy) is 1. The van der Waals surface area contributed by atoms with Crippen LogP contribution in [0.5, 0.6) is 0 Å². The molecule has 0 radical (unpaired) electrons. The molecule has 1 heterocycles. The zero-order valence-electron chi connectivity index (χ0n) is 6.69. The molecule has 0 spiro atoms. The zero-order valence-corrected chi connectivity index (χ0v) is 7.51. The van der Waals surface area contributed by atoms with Crippen LogP contribution in [0, 0.1) is 0 Å². The number of hydrogen-bond acceptors (Lipinski definition) is 4. The third-order valence-electron chi connectivity index (χ3n) is 1.64. The average Bonchev–Trinajstić information content (AvgIpc) is 1.80. The molecule has 0 atom stereocenters. The average molecular weight is 195 g/mol. The van der Waals surface area contributed by atoms with Gasteiger partial charge in [-0.05, 0) is 6.42 Å². The minimum absolute atomic E-state index is 0.215. The summed E-state index contributed by atoms with van der Waals surface area (Å²) in [4.78, 5) is 0. The SMILES string of the molecule is O=S(=O)(O)CCCOC1CNC1. The monoisotopic (exact) mass is 195 g/mol. The quantitative estimate of drug-likeness (QED) is 0.446. The number of rotatable bonds is 5. The van der Waals surface area contributed by atoms with Crippen molar-refractivity contribution in [1.82, 2.24) is 5.32 Å². The molecule has 2 N–H and O–H groups in total. The summed E-state index contributed by atoms with van der Waals surface area (Å²) in [6, 6.07) is 0. The standard InChI is InChI=1S/C6H13NO4S/c8-12(9,10)3-1-2-11-6-4-7-5-6/h6-7H,1-5H2,(H,8,9,10). The summed E-state index contributed by atoms with van der Waals surface area (Å²) < 4.78 is 34.1. The Morgan fingerprint density at radius 1 is 1.50 bits per heavy atom. The van der Waals surface area contributed by atoms with E-state index >= 15 is 0 Å². The van der Waals surface area contributed by atoms with E-state index in [0.29, 0.717) is 13.0 Å². The molecule has 1 fully saturated rings. The fraction of sp³-hybridized carbons (Fsp3) is 1.00. The molecule has 0 unspecified atom stereocenters. The van der Waals surface area contributed by atoms with Gasteiger partial charge in [-0.15, -0.1) is 0 Å². The summed E-state index contributed by atoms with van der Waals surface area (Å²) in [7, 11) is -3.81. The second-order valence-electron chi connectivity index (χ2n) is 2.79. The van der Waals surface area contributed by atoms with Crippen LogP contribution in [0.2, 0.25) is 0 Å². The summed E-state index contributed by atoms with van der Waals surface area (Å²) in [5, 5.41) is 3.03. The van der Waals surface area contributed by atoms with Crippen molar-refractivity contribution in [3.8, 4) is 0 Å². The predicted molar refractivity (Wildman–Crippen MR) is 43.6 cm³/mol. The van der Waals surface area contributed by atoms with Crippen LogP contribution in [-0.2, 0) is 14.9 Å². The lowest BCUT2D eigenvalue weighted by Gasteiger charge is -2.26. The molecule has 0 saturated carbocycles. The largest absolute Gasteiger partial charge is 0.376 e. The van der Waals surface area contributed by atoms with Crippen LogP contribution in [0.3, 0.4) is 0 Å². The van der Waals surface area contributed by atoms with E-state index in [4.69, 9.17) is 9.29 Å². The smallest absolute Gasteiger partial charge is 0.264 e. The van der Waals surface area contributed by atoms with Gasteiger partial charge in [0.25, 0.3) is 10.1 Å². The molecule has 1 aliphatic heterocycles. The second kappa shape index (κ2) is 4.18. The van der Waals surface area contributed by atoms with Gasteiger partial charge in [-0.2, -0.15) is 8.42 Å². The lowest BCUT2D eigenvalue weighted by atomic mass is 10.2. The normalized spacial score (nSPS) is 19.1. The van der Waals surface area contributed by atoms with Gasteiger partial charge in [0.2, 0.25) is 0 Å². The van der Waals surface area contributed by atoms with Crippen LogP contribution < -0.4 is 5.32 Å². The minimum atomic E-state index is -3.81. The highest BCUT2D eigenvalue weighted by Gasteiger charge is 2.16. The third kappa shape index (κ3) is 4.01. The lowest BCUT2D eigenvalue weighted by molar-refractivity contribution is 0.0195. The molecule has 12 heavy (non-hydrogen) atoms. The highest BCUT2D eigenvalue weighted by Crippen LogP contribution is 1.99. The highest BCUT2D eigenvalue weighted by molar-refractivity contribution is 7.85. The first-order valence-electron chi connectivity index (χ1n) is 3.85. The van der Waals surface area contributed by atoms with Crippen LogP contribution in [0.4, 0.5) is 0 Å². The molecule has 0 aromatic heterocycles. The number of hydrogen-bond donors (Lipinski definition) is 2. The fourth-order valence-electron chi connectivity index (χ4n) is 0.871. The van der Waals surface area contributed by atoms with Crippen LogP contribution in [0.15, 0.2) is 0 Å². The van der Waals surface area contributed by atoms with Crippen molar-refractivity contribution >= 4 is 10.1 Å². The van der Waals surface area contributed by atoms with E-state index in [1.807, 2.05) is 0 Å². The molecule has 0 aromatic carbocycles.